The zero-order valence-electron chi connectivity index (χ0n) is 7.06. The standard InChI is InChI=1S/C7H13NO3S/c1-6-2-8(3-6)12(9,10)7-4-11-5-7/h6-7H,2-5H2,1H3. The molecule has 0 unspecified atom stereocenters. The van der Waals surface area contributed by atoms with E-state index in [-0.39, 0.29) is 5.25 Å². The molecule has 0 N–H and O–H groups in total. The molecule has 0 saturated carbocycles. The molecule has 0 radical (unpaired) electrons. The van der Waals surface area contributed by atoms with Crippen LogP contribution in [0.15, 0.2) is 0 Å². The molecule has 0 aromatic heterocycles. The van der Waals surface area contributed by atoms with Crippen LogP contribution in [0.25, 0.3) is 0 Å². The number of hydrogen-bond acceptors (Lipinski definition) is 3. The Kier molecular flexibility index (Phi) is 1.89. The lowest BCUT2D eigenvalue weighted by Crippen LogP contribution is -2.56. The van der Waals surface area contributed by atoms with Crippen LogP contribution >= 0.6 is 0 Å². The molecule has 0 aromatic carbocycles. The first-order valence-corrected chi connectivity index (χ1v) is 5.67. The van der Waals surface area contributed by atoms with Crippen molar-refractivity contribution in [3.8, 4) is 0 Å². The molecular weight excluding hydrogens is 178 g/mol. The first-order chi connectivity index (χ1) is 5.60. The smallest absolute Gasteiger partial charge is 0.221 e. The van der Waals surface area contributed by atoms with Gasteiger partial charge in [0.05, 0.1) is 13.2 Å². The van der Waals surface area contributed by atoms with Gasteiger partial charge in [0, 0.05) is 13.1 Å². The van der Waals surface area contributed by atoms with Crippen LogP contribution in [0.2, 0.25) is 0 Å². The maximum Gasteiger partial charge on any atom is 0.221 e. The second-order valence-corrected chi connectivity index (χ2v) is 5.84. The lowest BCUT2D eigenvalue weighted by atomic mass is 10.1. The van der Waals surface area contributed by atoms with Crippen molar-refractivity contribution in [2.24, 2.45) is 5.92 Å². The van der Waals surface area contributed by atoms with Crippen molar-refractivity contribution in [3.63, 3.8) is 0 Å². The summed E-state index contributed by atoms with van der Waals surface area (Å²) in [6.45, 7) is 4.21. The fourth-order valence-corrected chi connectivity index (χ4v) is 3.33. The van der Waals surface area contributed by atoms with Gasteiger partial charge in [0.15, 0.2) is 0 Å². The predicted molar refractivity (Wildman–Crippen MR) is 44.3 cm³/mol. The molecule has 2 aliphatic rings. The fraction of sp³-hybridized carbons (Fsp3) is 1.00. The van der Waals surface area contributed by atoms with Crippen LogP contribution in [-0.2, 0) is 14.8 Å². The van der Waals surface area contributed by atoms with Gasteiger partial charge in [-0.15, -0.1) is 0 Å². The normalized spacial score (nSPS) is 28.1. The molecular formula is C7H13NO3S. The van der Waals surface area contributed by atoms with Crippen molar-refractivity contribution in [2.45, 2.75) is 12.2 Å². The number of ether oxygens (including phenoxy) is 1. The van der Waals surface area contributed by atoms with Gasteiger partial charge >= 0.3 is 0 Å². The Hall–Kier alpha value is -0.130. The summed E-state index contributed by atoms with van der Waals surface area (Å²) in [6.07, 6.45) is 0. The summed E-state index contributed by atoms with van der Waals surface area (Å²) in [7, 11) is -2.99. The molecule has 0 spiro atoms. The minimum absolute atomic E-state index is 0.259. The highest BCUT2D eigenvalue weighted by molar-refractivity contribution is 7.89. The summed E-state index contributed by atoms with van der Waals surface area (Å²) in [4.78, 5) is 0. The Balaban J connectivity index is 2.01. The van der Waals surface area contributed by atoms with Crippen molar-refractivity contribution in [3.05, 3.63) is 0 Å². The molecule has 2 fully saturated rings. The van der Waals surface area contributed by atoms with Crippen molar-refractivity contribution in [1.82, 2.24) is 4.31 Å². The number of sulfonamides is 1. The molecule has 0 atom stereocenters. The van der Waals surface area contributed by atoms with Crippen LogP contribution in [0.5, 0.6) is 0 Å². The predicted octanol–water partition coefficient (Wildman–Crippen LogP) is -0.333. The van der Waals surface area contributed by atoms with Crippen LogP contribution in [0, 0.1) is 5.92 Å². The first-order valence-electron chi connectivity index (χ1n) is 4.17. The maximum atomic E-state index is 11.6. The third-order valence-corrected chi connectivity index (χ3v) is 4.55. The molecule has 5 heteroatoms. The van der Waals surface area contributed by atoms with Gasteiger partial charge in [0.2, 0.25) is 10.0 Å². The zero-order valence-corrected chi connectivity index (χ0v) is 7.88. The minimum Gasteiger partial charge on any atom is -0.378 e. The molecule has 2 heterocycles. The van der Waals surface area contributed by atoms with E-state index in [1.54, 1.807) is 4.31 Å². The van der Waals surface area contributed by atoms with E-state index in [0.29, 0.717) is 32.2 Å². The average molecular weight is 191 g/mol. The zero-order chi connectivity index (χ0) is 8.77. The average Bonchev–Trinajstić information content (AvgIpc) is 1.75. The summed E-state index contributed by atoms with van der Waals surface area (Å²) in [5.41, 5.74) is 0. The van der Waals surface area contributed by atoms with E-state index in [9.17, 15) is 8.42 Å². The van der Waals surface area contributed by atoms with E-state index in [4.69, 9.17) is 4.74 Å². The largest absolute Gasteiger partial charge is 0.378 e. The Morgan fingerprint density at radius 1 is 1.33 bits per heavy atom. The van der Waals surface area contributed by atoms with E-state index in [1.807, 2.05) is 0 Å². The van der Waals surface area contributed by atoms with Crippen molar-refractivity contribution in [2.75, 3.05) is 26.3 Å². The van der Waals surface area contributed by atoms with Gasteiger partial charge in [-0.25, -0.2) is 12.7 Å². The van der Waals surface area contributed by atoms with Gasteiger partial charge in [-0.1, -0.05) is 6.92 Å². The lowest BCUT2D eigenvalue weighted by Gasteiger charge is -2.40. The lowest BCUT2D eigenvalue weighted by molar-refractivity contribution is 0.0369. The van der Waals surface area contributed by atoms with E-state index in [1.165, 1.54) is 0 Å². The van der Waals surface area contributed by atoms with Gasteiger partial charge in [-0.2, -0.15) is 0 Å². The van der Waals surface area contributed by atoms with Crippen LogP contribution in [0.4, 0.5) is 0 Å². The Bertz CT molecular complexity index is 264. The molecule has 2 aliphatic heterocycles. The molecule has 4 nitrogen and oxygen atoms in total. The van der Waals surface area contributed by atoms with Gasteiger partial charge in [0.25, 0.3) is 0 Å². The molecule has 2 saturated heterocycles. The van der Waals surface area contributed by atoms with Gasteiger partial charge in [-0.05, 0) is 5.92 Å². The topological polar surface area (TPSA) is 46.6 Å². The van der Waals surface area contributed by atoms with Crippen LogP contribution in [0.1, 0.15) is 6.92 Å². The van der Waals surface area contributed by atoms with Gasteiger partial charge in [0.1, 0.15) is 5.25 Å². The summed E-state index contributed by atoms with van der Waals surface area (Å²) in [5.74, 6) is 0.528. The highest BCUT2D eigenvalue weighted by atomic mass is 32.2. The van der Waals surface area contributed by atoms with E-state index in [0.717, 1.165) is 0 Å². The number of hydrogen-bond donors (Lipinski definition) is 0. The van der Waals surface area contributed by atoms with E-state index >= 15 is 0 Å². The third-order valence-electron chi connectivity index (χ3n) is 2.42. The Morgan fingerprint density at radius 3 is 2.25 bits per heavy atom. The molecule has 70 valence electrons. The monoisotopic (exact) mass is 191 g/mol. The molecule has 0 amide bonds. The molecule has 0 bridgehead atoms. The molecule has 12 heavy (non-hydrogen) atoms. The molecule has 0 aromatic rings. The summed E-state index contributed by atoms with van der Waals surface area (Å²) in [6, 6.07) is 0. The van der Waals surface area contributed by atoms with Crippen LogP contribution in [-0.4, -0.2) is 44.3 Å². The summed E-state index contributed by atoms with van der Waals surface area (Å²) < 4.78 is 29.6. The fourth-order valence-electron chi connectivity index (χ4n) is 1.45. The SMILES string of the molecule is CC1CN(S(=O)(=O)C2COC2)C1. The second kappa shape index (κ2) is 2.68. The van der Waals surface area contributed by atoms with E-state index in [2.05, 4.69) is 6.92 Å². The maximum absolute atomic E-state index is 11.6. The summed E-state index contributed by atoms with van der Waals surface area (Å²) >= 11 is 0. The quantitative estimate of drug-likeness (QED) is 0.600. The Morgan fingerprint density at radius 2 is 1.92 bits per heavy atom. The van der Waals surface area contributed by atoms with Gasteiger partial charge < -0.3 is 4.74 Å². The van der Waals surface area contributed by atoms with Crippen molar-refractivity contribution < 1.29 is 13.2 Å². The van der Waals surface area contributed by atoms with Crippen molar-refractivity contribution >= 4 is 10.0 Å². The van der Waals surface area contributed by atoms with Gasteiger partial charge in [-0.3, -0.25) is 0 Å². The van der Waals surface area contributed by atoms with Crippen LogP contribution in [0.3, 0.4) is 0 Å². The van der Waals surface area contributed by atoms with Crippen molar-refractivity contribution in [1.29, 1.82) is 0 Å². The highest BCUT2D eigenvalue weighted by Crippen LogP contribution is 2.24. The molecule has 2 rings (SSSR count). The first kappa shape index (κ1) is 8.47. The molecule has 0 aliphatic carbocycles. The second-order valence-electron chi connectivity index (χ2n) is 3.63. The number of nitrogens with zero attached hydrogens (tertiary/aromatic N) is 1. The minimum atomic E-state index is -2.99. The summed E-state index contributed by atoms with van der Waals surface area (Å²) in [5, 5.41) is -0.259. The number of rotatable bonds is 2. The van der Waals surface area contributed by atoms with Crippen LogP contribution < -0.4 is 0 Å². The highest BCUT2D eigenvalue weighted by Gasteiger charge is 2.41. The Labute approximate surface area is 72.6 Å². The third kappa shape index (κ3) is 1.16. The van der Waals surface area contributed by atoms with E-state index < -0.39 is 10.0 Å².